The van der Waals surface area contributed by atoms with Crippen LogP contribution < -0.4 is 5.73 Å². The van der Waals surface area contributed by atoms with Crippen LogP contribution in [0.3, 0.4) is 0 Å². The van der Waals surface area contributed by atoms with E-state index in [-0.39, 0.29) is 5.84 Å². The van der Waals surface area contributed by atoms with Crippen molar-refractivity contribution in [1.29, 1.82) is 5.41 Å². The average Bonchev–Trinajstić information content (AvgIpc) is 2.52. The number of thioether (sulfide) groups is 1. The molecule has 21 heavy (non-hydrogen) atoms. The number of nitrogens with one attached hydrogen (secondary N) is 1. The SMILES string of the molecule is CCCCSCc1ccc(-c2ccccc2C(=N)N)cc1. The van der Waals surface area contributed by atoms with Gasteiger partial charge in [0.1, 0.15) is 5.84 Å². The molecular weight excluding hydrogens is 276 g/mol. The number of hydrogen-bond donors (Lipinski definition) is 2. The molecule has 2 aromatic rings. The Morgan fingerprint density at radius 3 is 2.48 bits per heavy atom. The van der Waals surface area contributed by atoms with Crippen molar-refractivity contribution < 1.29 is 0 Å². The van der Waals surface area contributed by atoms with Gasteiger partial charge < -0.3 is 5.73 Å². The molecule has 0 amide bonds. The number of hydrogen-bond acceptors (Lipinski definition) is 2. The maximum atomic E-state index is 7.67. The van der Waals surface area contributed by atoms with Crippen LogP contribution in [0.15, 0.2) is 48.5 Å². The van der Waals surface area contributed by atoms with Gasteiger partial charge in [-0.1, -0.05) is 61.9 Å². The first-order valence-electron chi connectivity index (χ1n) is 7.33. The molecule has 3 N–H and O–H groups in total. The number of benzene rings is 2. The van der Waals surface area contributed by atoms with Gasteiger partial charge in [0.05, 0.1) is 0 Å². The first-order chi connectivity index (χ1) is 10.2. The lowest BCUT2D eigenvalue weighted by atomic mass is 9.98. The van der Waals surface area contributed by atoms with E-state index in [0.29, 0.717) is 0 Å². The van der Waals surface area contributed by atoms with Gasteiger partial charge in [-0.2, -0.15) is 11.8 Å². The fourth-order valence-electron chi connectivity index (χ4n) is 2.19. The van der Waals surface area contributed by atoms with Crippen molar-refractivity contribution in [1.82, 2.24) is 0 Å². The van der Waals surface area contributed by atoms with Gasteiger partial charge in [0.15, 0.2) is 0 Å². The zero-order valence-electron chi connectivity index (χ0n) is 12.4. The fourth-order valence-corrected chi connectivity index (χ4v) is 3.25. The molecule has 0 saturated heterocycles. The first kappa shape index (κ1) is 15.6. The van der Waals surface area contributed by atoms with Gasteiger partial charge in [0.25, 0.3) is 0 Å². The molecule has 0 aliphatic carbocycles. The minimum atomic E-state index is 0.116. The van der Waals surface area contributed by atoms with Crippen molar-refractivity contribution in [3.05, 3.63) is 59.7 Å². The van der Waals surface area contributed by atoms with Crippen LogP contribution >= 0.6 is 11.8 Å². The Morgan fingerprint density at radius 1 is 1.10 bits per heavy atom. The van der Waals surface area contributed by atoms with Gasteiger partial charge in [0.2, 0.25) is 0 Å². The van der Waals surface area contributed by atoms with Crippen LogP contribution in [-0.4, -0.2) is 11.6 Å². The molecule has 0 saturated carbocycles. The number of amidine groups is 1. The lowest BCUT2D eigenvalue weighted by Gasteiger charge is -2.09. The predicted octanol–water partition coefficient (Wildman–Crippen LogP) is 4.67. The third-order valence-corrected chi connectivity index (χ3v) is 4.51. The molecule has 0 heterocycles. The van der Waals surface area contributed by atoms with E-state index in [1.807, 2.05) is 36.0 Å². The van der Waals surface area contributed by atoms with Crippen LogP contribution in [0.5, 0.6) is 0 Å². The maximum absolute atomic E-state index is 7.67. The lowest BCUT2D eigenvalue weighted by molar-refractivity contribution is 0.896. The topological polar surface area (TPSA) is 49.9 Å². The van der Waals surface area contributed by atoms with Crippen LogP contribution in [0.25, 0.3) is 11.1 Å². The van der Waals surface area contributed by atoms with E-state index in [1.165, 1.54) is 24.2 Å². The summed E-state index contributed by atoms with van der Waals surface area (Å²) in [5.41, 5.74) is 9.93. The van der Waals surface area contributed by atoms with Crippen LogP contribution in [0.1, 0.15) is 30.9 Å². The zero-order chi connectivity index (χ0) is 15.1. The Balaban J connectivity index is 2.10. The molecule has 2 aromatic carbocycles. The highest BCUT2D eigenvalue weighted by molar-refractivity contribution is 7.98. The van der Waals surface area contributed by atoms with Gasteiger partial charge in [-0.15, -0.1) is 0 Å². The van der Waals surface area contributed by atoms with Gasteiger partial charge in [-0.25, -0.2) is 0 Å². The van der Waals surface area contributed by atoms with Crippen molar-refractivity contribution in [3.63, 3.8) is 0 Å². The summed E-state index contributed by atoms with van der Waals surface area (Å²) in [5, 5.41) is 7.67. The smallest absolute Gasteiger partial charge is 0.123 e. The van der Waals surface area contributed by atoms with Gasteiger partial charge in [-0.3, -0.25) is 5.41 Å². The summed E-state index contributed by atoms with van der Waals surface area (Å²) < 4.78 is 0. The van der Waals surface area contributed by atoms with Gasteiger partial charge in [0, 0.05) is 11.3 Å². The Morgan fingerprint density at radius 2 is 1.81 bits per heavy atom. The molecule has 2 nitrogen and oxygen atoms in total. The summed E-state index contributed by atoms with van der Waals surface area (Å²) in [6, 6.07) is 16.4. The Labute approximate surface area is 131 Å². The Kier molecular flexibility index (Phi) is 5.88. The van der Waals surface area contributed by atoms with E-state index in [1.54, 1.807) is 0 Å². The summed E-state index contributed by atoms with van der Waals surface area (Å²) in [7, 11) is 0. The third kappa shape index (κ3) is 4.36. The molecule has 0 aliphatic rings. The minimum Gasteiger partial charge on any atom is -0.384 e. The molecule has 3 heteroatoms. The van der Waals surface area contributed by atoms with E-state index in [9.17, 15) is 0 Å². The number of nitrogens with two attached hydrogens (primary N) is 1. The summed E-state index contributed by atoms with van der Waals surface area (Å²) in [4.78, 5) is 0. The van der Waals surface area contributed by atoms with E-state index < -0.39 is 0 Å². The second-order valence-corrected chi connectivity index (χ2v) is 6.17. The number of nitrogen functional groups attached to an aromatic ring is 1. The maximum Gasteiger partial charge on any atom is 0.123 e. The third-order valence-electron chi connectivity index (χ3n) is 3.39. The average molecular weight is 298 g/mol. The monoisotopic (exact) mass is 298 g/mol. The highest BCUT2D eigenvalue weighted by atomic mass is 32.2. The van der Waals surface area contributed by atoms with Crippen LogP contribution in [0, 0.1) is 5.41 Å². The van der Waals surface area contributed by atoms with E-state index in [0.717, 1.165) is 22.4 Å². The van der Waals surface area contributed by atoms with Crippen molar-refractivity contribution in [2.45, 2.75) is 25.5 Å². The molecule has 2 rings (SSSR count). The molecule has 0 aliphatic heterocycles. The summed E-state index contributed by atoms with van der Waals surface area (Å²) >= 11 is 1.99. The summed E-state index contributed by atoms with van der Waals surface area (Å²) in [5.74, 6) is 2.41. The Hall–Kier alpha value is -1.74. The van der Waals surface area contributed by atoms with Crippen LogP contribution in [0.2, 0.25) is 0 Å². The van der Waals surface area contributed by atoms with Crippen LogP contribution in [-0.2, 0) is 5.75 Å². The van der Waals surface area contributed by atoms with E-state index >= 15 is 0 Å². The quantitative estimate of drug-likeness (QED) is 0.443. The normalized spacial score (nSPS) is 10.5. The molecule has 0 radical (unpaired) electrons. The molecule has 0 spiro atoms. The largest absolute Gasteiger partial charge is 0.384 e. The first-order valence-corrected chi connectivity index (χ1v) is 8.48. The zero-order valence-corrected chi connectivity index (χ0v) is 13.2. The van der Waals surface area contributed by atoms with Crippen molar-refractivity contribution in [2.24, 2.45) is 5.73 Å². The van der Waals surface area contributed by atoms with E-state index in [2.05, 4.69) is 31.2 Å². The molecule has 0 aromatic heterocycles. The number of rotatable bonds is 7. The van der Waals surface area contributed by atoms with E-state index in [4.69, 9.17) is 11.1 Å². The molecule has 0 fully saturated rings. The van der Waals surface area contributed by atoms with Crippen LogP contribution in [0.4, 0.5) is 0 Å². The van der Waals surface area contributed by atoms with Gasteiger partial charge in [-0.05, 0) is 28.9 Å². The molecule has 0 bridgehead atoms. The molecule has 110 valence electrons. The fraction of sp³-hybridized carbons (Fsp3) is 0.278. The molecular formula is C18H22N2S. The summed E-state index contributed by atoms with van der Waals surface area (Å²) in [6.07, 6.45) is 2.54. The second kappa shape index (κ2) is 7.89. The predicted molar refractivity (Wildman–Crippen MR) is 94.0 cm³/mol. The summed E-state index contributed by atoms with van der Waals surface area (Å²) in [6.45, 7) is 2.22. The Bertz CT molecular complexity index is 590. The highest BCUT2D eigenvalue weighted by Crippen LogP contribution is 2.25. The molecule has 0 atom stereocenters. The lowest BCUT2D eigenvalue weighted by Crippen LogP contribution is -2.12. The standard InChI is InChI=1S/C18H22N2S/c1-2-3-12-21-13-14-8-10-15(11-9-14)16-6-4-5-7-17(16)18(19)20/h4-11H,2-3,12-13H2,1H3,(H3,19,20). The second-order valence-electron chi connectivity index (χ2n) is 5.06. The van der Waals surface area contributed by atoms with Gasteiger partial charge >= 0.3 is 0 Å². The van der Waals surface area contributed by atoms with Crippen molar-refractivity contribution in [2.75, 3.05) is 5.75 Å². The molecule has 0 unspecified atom stereocenters. The van der Waals surface area contributed by atoms with Crippen molar-refractivity contribution >= 4 is 17.6 Å². The van der Waals surface area contributed by atoms with Crippen molar-refractivity contribution in [3.8, 4) is 11.1 Å². The number of unbranched alkanes of at least 4 members (excludes halogenated alkanes) is 1. The highest BCUT2D eigenvalue weighted by Gasteiger charge is 2.06. The minimum absolute atomic E-state index is 0.116.